The molecular weight excluding hydrogens is 344 g/mol. The van der Waals surface area contributed by atoms with Gasteiger partial charge in [0.25, 0.3) is 0 Å². The van der Waals surface area contributed by atoms with Crippen molar-refractivity contribution in [2.45, 2.75) is 19.4 Å². The lowest BCUT2D eigenvalue weighted by Crippen LogP contribution is -2.57. The van der Waals surface area contributed by atoms with Crippen LogP contribution in [0.15, 0.2) is 18.2 Å². The lowest BCUT2D eigenvalue weighted by atomic mass is 10.0. The number of carbonyl (C=O) groups is 1. The molecule has 0 atom stereocenters. The molecule has 0 radical (unpaired) electrons. The maximum absolute atomic E-state index is 13.2. The summed E-state index contributed by atoms with van der Waals surface area (Å²) >= 11 is 0. The van der Waals surface area contributed by atoms with Crippen molar-refractivity contribution in [2.75, 3.05) is 38.2 Å². The first-order chi connectivity index (χ1) is 9.82. The molecule has 1 amide bonds. The largest absolute Gasteiger partial charge is 0.494 e. The van der Waals surface area contributed by atoms with Gasteiger partial charge in [-0.1, -0.05) is 0 Å². The Balaban J connectivity index is 0.00000242. The van der Waals surface area contributed by atoms with Gasteiger partial charge in [0, 0.05) is 32.2 Å². The number of hydrogen-bond donors (Lipinski definition) is 1. The lowest BCUT2D eigenvalue weighted by Gasteiger charge is -2.38. The summed E-state index contributed by atoms with van der Waals surface area (Å²) in [5.74, 6) is 0.136. The van der Waals surface area contributed by atoms with E-state index in [1.807, 2.05) is 0 Å². The summed E-state index contributed by atoms with van der Waals surface area (Å²) in [6.45, 7) is 5.96. The Morgan fingerprint density at radius 1 is 1.22 bits per heavy atom. The molecule has 1 aromatic carbocycles. The molecule has 0 aliphatic carbocycles. The van der Waals surface area contributed by atoms with E-state index in [0.717, 1.165) is 5.69 Å². The molecule has 2 N–H and O–H groups in total. The fourth-order valence-corrected chi connectivity index (χ4v) is 2.47. The number of nitrogens with two attached hydrogens (primary N) is 1. The predicted molar refractivity (Wildman–Crippen MR) is 94.5 cm³/mol. The molecule has 1 aliphatic heterocycles. The molecule has 132 valence electrons. The molecule has 1 aromatic rings. The average molecular weight is 368 g/mol. The van der Waals surface area contributed by atoms with Gasteiger partial charge in [-0.15, -0.1) is 24.8 Å². The van der Waals surface area contributed by atoms with Crippen molar-refractivity contribution in [3.8, 4) is 5.75 Å². The number of rotatable bonds is 3. The molecule has 0 bridgehead atoms. The van der Waals surface area contributed by atoms with Gasteiger partial charge in [0.05, 0.1) is 18.3 Å². The summed E-state index contributed by atoms with van der Waals surface area (Å²) < 4.78 is 18.5. The van der Waals surface area contributed by atoms with Crippen molar-refractivity contribution in [3.63, 3.8) is 0 Å². The highest BCUT2D eigenvalue weighted by molar-refractivity contribution is 5.86. The van der Waals surface area contributed by atoms with Crippen molar-refractivity contribution in [1.82, 2.24) is 4.90 Å². The Morgan fingerprint density at radius 2 is 1.78 bits per heavy atom. The van der Waals surface area contributed by atoms with Crippen LogP contribution in [0.3, 0.4) is 0 Å². The minimum Gasteiger partial charge on any atom is -0.494 e. The van der Waals surface area contributed by atoms with Crippen LogP contribution in [0.4, 0.5) is 10.1 Å². The minimum absolute atomic E-state index is 0. The Labute approximate surface area is 148 Å². The normalized spacial score (nSPS) is 14.7. The number of amides is 1. The smallest absolute Gasteiger partial charge is 0.242 e. The van der Waals surface area contributed by atoms with Gasteiger partial charge >= 0.3 is 0 Å². The van der Waals surface area contributed by atoms with E-state index in [9.17, 15) is 9.18 Å². The van der Waals surface area contributed by atoms with Crippen LogP contribution in [0, 0.1) is 5.82 Å². The molecule has 1 saturated heterocycles. The molecule has 0 aromatic heterocycles. The lowest BCUT2D eigenvalue weighted by molar-refractivity contribution is -0.136. The molecule has 2 rings (SSSR count). The fraction of sp³-hybridized carbons (Fsp3) is 0.533. The number of nitrogens with zero attached hydrogens (tertiary/aromatic N) is 2. The monoisotopic (exact) mass is 367 g/mol. The zero-order valence-electron chi connectivity index (χ0n) is 13.5. The van der Waals surface area contributed by atoms with Crippen LogP contribution in [0.25, 0.3) is 0 Å². The summed E-state index contributed by atoms with van der Waals surface area (Å²) in [7, 11) is 1.52. The van der Waals surface area contributed by atoms with Crippen molar-refractivity contribution in [1.29, 1.82) is 0 Å². The second-order valence-corrected chi connectivity index (χ2v) is 5.82. The Kier molecular flexibility index (Phi) is 8.11. The van der Waals surface area contributed by atoms with Crippen molar-refractivity contribution < 1.29 is 13.9 Å². The average Bonchev–Trinajstić information content (AvgIpc) is 2.45. The molecule has 1 aliphatic rings. The number of halogens is 3. The second kappa shape index (κ2) is 8.57. The van der Waals surface area contributed by atoms with Crippen LogP contribution in [0.1, 0.15) is 13.8 Å². The number of carbonyl (C=O) groups excluding carboxylic acids is 1. The number of methoxy groups -OCH3 is 1. The van der Waals surface area contributed by atoms with E-state index in [1.54, 1.807) is 24.8 Å². The number of hydrogen-bond acceptors (Lipinski definition) is 4. The van der Waals surface area contributed by atoms with E-state index in [-0.39, 0.29) is 36.5 Å². The number of ether oxygens (including phenoxy) is 1. The van der Waals surface area contributed by atoms with Crippen LogP contribution in [0.5, 0.6) is 5.75 Å². The molecule has 8 heteroatoms. The van der Waals surface area contributed by atoms with Gasteiger partial charge in [-0.2, -0.15) is 0 Å². The van der Waals surface area contributed by atoms with Gasteiger partial charge in [0.1, 0.15) is 11.6 Å². The number of piperazine rings is 1. The van der Waals surface area contributed by atoms with Crippen molar-refractivity contribution in [3.05, 3.63) is 24.0 Å². The van der Waals surface area contributed by atoms with Gasteiger partial charge in [-0.25, -0.2) is 4.39 Å². The van der Waals surface area contributed by atoms with E-state index >= 15 is 0 Å². The van der Waals surface area contributed by atoms with E-state index in [4.69, 9.17) is 10.5 Å². The van der Waals surface area contributed by atoms with Gasteiger partial charge < -0.3 is 20.3 Å². The van der Waals surface area contributed by atoms with Gasteiger partial charge in [-0.3, -0.25) is 4.79 Å². The first-order valence-electron chi connectivity index (χ1n) is 6.99. The van der Waals surface area contributed by atoms with Gasteiger partial charge in [0.15, 0.2) is 0 Å². The molecule has 0 unspecified atom stereocenters. The summed E-state index contributed by atoms with van der Waals surface area (Å²) in [4.78, 5) is 16.0. The van der Waals surface area contributed by atoms with E-state index in [2.05, 4.69) is 4.90 Å². The first-order valence-corrected chi connectivity index (χ1v) is 6.99. The Bertz CT molecular complexity index is 530. The van der Waals surface area contributed by atoms with Gasteiger partial charge in [0.2, 0.25) is 5.91 Å². The third kappa shape index (κ3) is 5.12. The fourth-order valence-electron chi connectivity index (χ4n) is 2.47. The van der Waals surface area contributed by atoms with Crippen molar-refractivity contribution in [2.24, 2.45) is 5.73 Å². The topological polar surface area (TPSA) is 58.8 Å². The Morgan fingerprint density at radius 3 is 2.26 bits per heavy atom. The first kappa shape index (κ1) is 21.8. The molecule has 1 fully saturated rings. The maximum atomic E-state index is 13.2. The van der Waals surface area contributed by atoms with Crippen LogP contribution >= 0.6 is 24.8 Å². The third-order valence-corrected chi connectivity index (χ3v) is 3.60. The van der Waals surface area contributed by atoms with Crippen molar-refractivity contribution >= 4 is 36.4 Å². The van der Waals surface area contributed by atoms with Crippen LogP contribution in [-0.2, 0) is 4.79 Å². The van der Waals surface area contributed by atoms with E-state index < -0.39 is 5.54 Å². The number of anilines is 1. The minimum atomic E-state index is -0.851. The number of benzene rings is 1. The molecule has 0 saturated carbocycles. The highest BCUT2D eigenvalue weighted by Gasteiger charge is 2.30. The molecular formula is C15H24Cl2FN3O2. The zero-order chi connectivity index (χ0) is 15.6. The second-order valence-electron chi connectivity index (χ2n) is 5.82. The van der Waals surface area contributed by atoms with E-state index in [0.29, 0.717) is 31.9 Å². The van der Waals surface area contributed by atoms with E-state index in [1.165, 1.54) is 19.2 Å². The summed E-state index contributed by atoms with van der Waals surface area (Å²) in [6, 6.07) is 4.49. The maximum Gasteiger partial charge on any atom is 0.242 e. The third-order valence-electron chi connectivity index (χ3n) is 3.60. The molecule has 1 heterocycles. The zero-order valence-corrected chi connectivity index (χ0v) is 15.2. The predicted octanol–water partition coefficient (Wildman–Crippen LogP) is 2.06. The quantitative estimate of drug-likeness (QED) is 0.888. The summed E-state index contributed by atoms with van der Waals surface area (Å²) in [6.07, 6.45) is 0. The van der Waals surface area contributed by atoms with Gasteiger partial charge in [-0.05, 0) is 26.0 Å². The highest BCUT2D eigenvalue weighted by Crippen LogP contribution is 2.29. The molecule has 0 spiro atoms. The summed E-state index contributed by atoms with van der Waals surface area (Å²) in [5.41, 5.74) is 5.85. The standard InChI is InChI=1S/C15H22FN3O2.2ClH/c1-15(2,17)14(20)19-8-6-18(7-9-19)12-5-4-11(16)10-13(12)21-3;;/h4-5,10H,6-9,17H2,1-3H3;2*1H. The SMILES string of the molecule is COc1cc(F)ccc1N1CCN(C(=O)C(C)(C)N)CC1.Cl.Cl. The van der Waals surface area contributed by atoms with Crippen LogP contribution in [-0.4, -0.2) is 49.6 Å². The summed E-state index contributed by atoms with van der Waals surface area (Å²) in [5, 5.41) is 0. The molecule has 23 heavy (non-hydrogen) atoms. The highest BCUT2D eigenvalue weighted by atomic mass is 35.5. The van der Waals surface area contributed by atoms with Crippen LogP contribution in [0.2, 0.25) is 0 Å². The van der Waals surface area contributed by atoms with Crippen LogP contribution < -0.4 is 15.4 Å². The molecule has 5 nitrogen and oxygen atoms in total. The Hall–Kier alpha value is -1.24.